The molecule has 0 atom stereocenters. The molecule has 0 aliphatic carbocycles. The van der Waals surface area contributed by atoms with Crippen molar-refractivity contribution in [1.82, 2.24) is 15.0 Å². The highest BCUT2D eigenvalue weighted by molar-refractivity contribution is 9.10. The summed E-state index contributed by atoms with van der Waals surface area (Å²) in [6, 6.07) is 8.10. The number of hydrogen-bond acceptors (Lipinski definition) is 5. The highest BCUT2D eigenvalue weighted by Gasteiger charge is 2.06. The first-order valence-corrected chi connectivity index (χ1v) is 8.84. The van der Waals surface area contributed by atoms with Crippen molar-refractivity contribution in [2.45, 2.75) is 20.4 Å². The lowest BCUT2D eigenvalue weighted by molar-refractivity contribution is 0.844. The van der Waals surface area contributed by atoms with Crippen molar-refractivity contribution in [3.05, 3.63) is 52.9 Å². The number of nitrogens with one attached hydrogen (secondary N) is 1. The van der Waals surface area contributed by atoms with Gasteiger partial charge >= 0.3 is 0 Å². The maximum absolute atomic E-state index is 4.56. The van der Waals surface area contributed by atoms with Gasteiger partial charge in [0.1, 0.15) is 11.3 Å². The van der Waals surface area contributed by atoms with Gasteiger partial charge < -0.3 is 10.2 Å². The zero-order chi connectivity index (χ0) is 16.9. The van der Waals surface area contributed by atoms with Crippen LogP contribution in [0.1, 0.15) is 19.4 Å². The molecule has 0 saturated carbocycles. The monoisotopic (exact) mass is 385 g/mol. The molecule has 6 heteroatoms. The van der Waals surface area contributed by atoms with Crippen molar-refractivity contribution in [3.8, 4) is 0 Å². The molecule has 3 aromatic rings. The van der Waals surface area contributed by atoms with Crippen molar-refractivity contribution in [2.24, 2.45) is 0 Å². The molecule has 3 aromatic heterocycles. The van der Waals surface area contributed by atoms with Gasteiger partial charge in [0.25, 0.3) is 0 Å². The van der Waals surface area contributed by atoms with Crippen LogP contribution in [-0.2, 0) is 6.54 Å². The van der Waals surface area contributed by atoms with Crippen LogP contribution in [-0.4, -0.2) is 28.0 Å². The van der Waals surface area contributed by atoms with Crippen LogP contribution in [0.15, 0.2) is 47.3 Å². The third-order valence-corrected chi connectivity index (χ3v) is 4.36. The van der Waals surface area contributed by atoms with E-state index in [1.807, 2.05) is 18.3 Å². The summed E-state index contributed by atoms with van der Waals surface area (Å²) in [6.45, 7) is 6.90. The molecule has 0 aliphatic rings. The first-order valence-electron chi connectivity index (χ1n) is 8.05. The predicted octanol–water partition coefficient (Wildman–Crippen LogP) is 4.25. The number of halogens is 1. The molecule has 0 aliphatic heterocycles. The van der Waals surface area contributed by atoms with E-state index in [1.165, 1.54) is 0 Å². The molecular formula is C18H20BrN5. The fourth-order valence-electron chi connectivity index (χ4n) is 2.60. The van der Waals surface area contributed by atoms with Gasteiger partial charge in [0.15, 0.2) is 0 Å². The quantitative estimate of drug-likeness (QED) is 0.687. The molecule has 0 fully saturated rings. The van der Waals surface area contributed by atoms with Crippen LogP contribution in [0.5, 0.6) is 0 Å². The number of anilines is 2. The zero-order valence-corrected chi connectivity index (χ0v) is 15.4. The Morgan fingerprint density at radius 1 is 1.04 bits per heavy atom. The molecule has 0 saturated heterocycles. The summed E-state index contributed by atoms with van der Waals surface area (Å²) in [5.41, 5.74) is 3.84. The number of nitrogens with zero attached hydrogens (tertiary/aromatic N) is 4. The zero-order valence-electron chi connectivity index (χ0n) is 13.8. The highest BCUT2D eigenvalue weighted by Crippen LogP contribution is 2.22. The third kappa shape index (κ3) is 3.64. The van der Waals surface area contributed by atoms with Crippen LogP contribution in [0.4, 0.5) is 11.5 Å². The minimum absolute atomic E-state index is 0.697. The van der Waals surface area contributed by atoms with E-state index in [-0.39, 0.29) is 0 Å². The first-order chi connectivity index (χ1) is 11.7. The topological polar surface area (TPSA) is 53.9 Å². The number of hydrogen-bond donors (Lipinski definition) is 1. The smallest absolute Gasteiger partial charge is 0.128 e. The average Bonchev–Trinajstić information content (AvgIpc) is 2.61. The van der Waals surface area contributed by atoms with Crippen LogP contribution in [0.25, 0.3) is 11.0 Å². The first kappa shape index (κ1) is 16.6. The highest BCUT2D eigenvalue weighted by atomic mass is 79.9. The molecule has 124 valence electrons. The average molecular weight is 386 g/mol. The largest absolute Gasteiger partial charge is 0.379 e. The van der Waals surface area contributed by atoms with E-state index in [9.17, 15) is 0 Å². The van der Waals surface area contributed by atoms with Crippen LogP contribution < -0.4 is 10.2 Å². The maximum Gasteiger partial charge on any atom is 0.128 e. The summed E-state index contributed by atoms with van der Waals surface area (Å²) < 4.78 is 0.927. The Labute approximate surface area is 150 Å². The third-order valence-electron chi connectivity index (χ3n) is 3.92. The minimum Gasteiger partial charge on any atom is -0.379 e. The van der Waals surface area contributed by atoms with Gasteiger partial charge in [-0.1, -0.05) is 6.07 Å². The van der Waals surface area contributed by atoms with E-state index in [1.54, 1.807) is 12.4 Å². The lowest BCUT2D eigenvalue weighted by atomic mass is 10.2. The molecule has 24 heavy (non-hydrogen) atoms. The van der Waals surface area contributed by atoms with Crippen molar-refractivity contribution < 1.29 is 0 Å². The molecular weight excluding hydrogens is 366 g/mol. The lowest BCUT2D eigenvalue weighted by Gasteiger charge is -2.19. The number of fused-ring (bicyclic) bond motifs is 1. The van der Waals surface area contributed by atoms with Gasteiger partial charge in [-0.05, 0) is 53.5 Å². The molecule has 5 nitrogen and oxygen atoms in total. The standard InChI is InChI=1S/C18H20BrN5/c1-3-24(4-2)17-6-5-13(11-22-17)10-21-15-7-8-20-16-9-14(19)12-23-18(15)16/h5-9,11-12H,3-4,10H2,1-2H3,(H,20,21). The molecule has 0 aromatic carbocycles. The van der Waals surface area contributed by atoms with E-state index in [0.717, 1.165) is 45.7 Å². The van der Waals surface area contributed by atoms with Gasteiger partial charge in [0.2, 0.25) is 0 Å². The van der Waals surface area contributed by atoms with Gasteiger partial charge in [-0.15, -0.1) is 0 Å². The Morgan fingerprint density at radius 2 is 1.88 bits per heavy atom. The van der Waals surface area contributed by atoms with Crippen molar-refractivity contribution in [2.75, 3.05) is 23.3 Å². The van der Waals surface area contributed by atoms with Crippen LogP contribution in [0.2, 0.25) is 0 Å². The fourth-order valence-corrected chi connectivity index (χ4v) is 2.92. The Kier molecular flexibility index (Phi) is 5.25. The van der Waals surface area contributed by atoms with Gasteiger partial charge in [0.05, 0.1) is 11.2 Å². The summed E-state index contributed by atoms with van der Waals surface area (Å²) >= 11 is 3.43. The molecule has 3 heterocycles. The molecule has 1 N–H and O–H groups in total. The van der Waals surface area contributed by atoms with Crippen molar-refractivity contribution in [1.29, 1.82) is 0 Å². The Hall–Kier alpha value is -2.21. The number of aromatic nitrogens is 3. The number of pyridine rings is 3. The summed E-state index contributed by atoms with van der Waals surface area (Å²) in [6.07, 6.45) is 5.50. The van der Waals surface area contributed by atoms with Gasteiger partial charge in [-0.25, -0.2) is 4.98 Å². The normalized spacial score (nSPS) is 10.8. The summed E-state index contributed by atoms with van der Waals surface area (Å²) in [7, 11) is 0. The maximum atomic E-state index is 4.56. The van der Waals surface area contributed by atoms with Gasteiger partial charge in [-0.2, -0.15) is 0 Å². The molecule has 0 radical (unpaired) electrons. The predicted molar refractivity (Wildman–Crippen MR) is 102 cm³/mol. The summed E-state index contributed by atoms with van der Waals surface area (Å²) in [5.74, 6) is 1.02. The molecule has 3 rings (SSSR count). The van der Waals surface area contributed by atoms with Crippen LogP contribution in [0, 0.1) is 0 Å². The summed E-state index contributed by atoms with van der Waals surface area (Å²) in [5, 5.41) is 3.43. The second kappa shape index (κ2) is 7.57. The lowest BCUT2D eigenvalue weighted by Crippen LogP contribution is -2.22. The van der Waals surface area contributed by atoms with E-state index >= 15 is 0 Å². The van der Waals surface area contributed by atoms with Crippen LogP contribution in [0.3, 0.4) is 0 Å². The Balaban J connectivity index is 1.74. The molecule has 0 amide bonds. The number of rotatable bonds is 6. The van der Waals surface area contributed by atoms with E-state index in [0.29, 0.717) is 6.54 Å². The van der Waals surface area contributed by atoms with E-state index < -0.39 is 0 Å². The Morgan fingerprint density at radius 3 is 2.58 bits per heavy atom. The second-order valence-corrected chi connectivity index (χ2v) is 6.35. The SMILES string of the molecule is CCN(CC)c1ccc(CNc2ccnc3cc(Br)cnc23)cn1. The molecule has 0 unspecified atom stereocenters. The van der Waals surface area contributed by atoms with Gasteiger partial charge in [0, 0.05) is 42.7 Å². The Bertz CT molecular complexity index is 815. The van der Waals surface area contributed by atoms with Crippen LogP contribution >= 0.6 is 15.9 Å². The van der Waals surface area contributed by atoms with Gasteiger partial charge in [-0.3, -0.25) is 9.97 Å². The van der Waals surface area contributed by atoms with E-state index in [2.05, 4.69) is 67.1 Å². The van der Waals surface area contributed by atoms with Crippen molar-refractivity contribution in [3.63, 3.8) is 0 Å². The summed E-state index contributed by atoms with van der Waals surface area (Å²) in [4.78, 5) is 15.6. The fraction of sp³-hybridized carbons (Fsp3) is 0.278. The molecule has 0 spiro atoms. The molecule has 0 bridgehead atoms. The van der Waals surface area contributed by atoms with E-state index in [4.69, 9.17) is 0 Å². The minimum atomic E-state index is 0.697. The second-order valence-electron chi connectivity index (χ2n) is 5.43. The van der Waals surface area contributed by atoms with Crippen molar-refractivity contribution >= 4 is 38.5 Å².